The predicted octanol–water partition coefficient (Wildman–Crippen LogP) is 2.69. The topological polar surface area (TPSA) is 62.1 Å². The fourth-order valence-corrected chi connectivity index (χ4v) is 5.54. The summed E-state index contributed by atoms with van der Waals surface area (Å²) >= 11 is 0. The molecule has 3 fully saturated rings. The van der Waals surface area contributed by atoms with Crippen LogP contribution in [0, 0.1) is 0 Å². The Kier molecular flexibility index (Phi) is 10.3. The number of rotatable bonds is 8. The van der Waals surface area contributed by atoms with Crippen LogP contribution < -0.4 is 21.7 Å². The maximum Gasteiger partial charge on any atom is 0.137 e. The molecule has 0 bridgehead atoms. The fourth-order valence-electron chi connectivity index (χ4n) is 5.54. The van der Waals surface area contributed by atoms with Crippen LogP contribution in [0.2, 0.25) is 0 Å². The number of hydrogen-bond acceptors (Lipinski definition) is 4. The first kappa shape index (κ1) is 23.3. The van der Waals surface area contributed by atoms with E-state index < -0.39 is 5.79 Å². The van der Waals surface area contributed by atoms with Crippen LogP contribution in [-0.2, 0) is 0 Å². The van der Waals surface area contributed by atoms with E-state index >= 15 is 0 Å². The lowest BCUT2D eigenvalue weighted by molar-refractivity contribution is 0.111. The third-order valence-corrected chi connectivity index (χ3v) is 7.10. The van der Waals surface area contributed by atoms with E-state index in [4.69, 9.17) is 5.73 Å². The summed E-state index contributed by atoms with van der Waals surface area (Å²) in [6.45, 7) is 2.30. The minimum atomic E-state index is -0.476. The highest BCUT2D eigenvalue weighted by Gasteiger charge is 2.39. The molecule has 4 nitrogen and oxygen atoms in total. The summed E-state index contributed by atoms with van der Waals surface area (Å²) in [7, 11) is 0. The molecular formula is C22H48N4Si. The first-order valence-corrected chi connectivity index (χ1v) is 11.8. The van der Waals surface area contributed by atoms with Crippen LogP contribution in [0.1, 0.15) is 110 Å². The molecule has 0 aromatic heterocycles. The highest BCUT2D eigenvalue weighted by atomic mass is 28.1. The van der Waals surface area contributed by atoms with Crippen molar-refractivity contribution in [2.45, 2.75) is 140 Å². The number of hydrogen-bond donors (Lipinski definition) is 4. The molecule has 0 radical (unpaired) electrons. The summed E-state index contributed by atoms with van der Waals surface area (Å²) < 4.78 is 0. The average Bonchev–Trinajstić information content (AvgIpc) is 2.68. The van der Waals surface area contributed by atoms with Crippen LogP contribution >= 0.6 is 0 Å². The second-order valence-corrected chi connectivity index (χ2v) is 9.29. The molecule has 3 aliphatic carbocycles. The molecule has 0 spiro atoms. The summed E-state index contributed by atoms with van der Waals surface area (Å²) in [6.07, 6.45) is 21.2. The largest absolute Gasteiger partial charge is 0.307 e. The van der Waals surface area contributed by atoms with Crippen molar-refractivity contribution < 1.29 is 0 Å². The standard InChI is InChI=1S/C22H44N4.H4Si/c1-2-21(24-18-12-6-3-7-13-18)22(23,25-19-14-8-4-9-15-19)26-20-16-10-5-11-17-20;/h18-21,24-26H,2-17,23H2,1H3;1H4. The molecule has 0 heterocycles. The van der Waals surface area contributed by atoms with Crippen molar-refractivity contribution in [2.24, 2.45) is 5.73 Å². The van der Waals surface area contributed by atoms with Gasteiger partial charge >= 0.3 is 0 Å². The lowest BCUT2D eigenvalue weighted by Crippen LogP contribution is -2.77. The number of nitrogens with one attached hydrogen (secondary N) is 3. The van der Waals surface area contributed by atoms with Gasteiger partial charge < -0.3 is 5.32 Å². The van der Waals surface area contributed by atoms with E-state index in [2.05, 4.69) is 22.9 Å². The molecule has 1 unspecified atom stereocenters. The zero-order valence-corrected chi connectivity index (χ0v) is 17.2. The maximum absolute atomic E-state index is 7.15. The lowest BCUT2D eigenvalue weighted by Gasteiger charge is -2.46. The maximum atomic E-state index is 7.15. The van der Waals surface area contributed by atoms with Gasteiger partial charge in [0.05, 0.1) is 6.04 Å². The van der Waals surface area contributed by atoms with Gasteiger partial charge in [-0.25, -0.2) is 0 Å². The molecule has 0 aliphatic heterocycles. The smallest absolute Gasteiger partial charge is 0.137 e. The Hall–Kier alpha value is 0.0569. The van der Waals surface area contributed by atoms with Gasteiger partial charge in [0.25, 0.3) is 0 Å². The van der Waals surface area contributed by atoms with E-state index in [9.17, 15) is 0 Å². The van der Waals surface area contributed by atoms with Crippen molar-refractivity contribution >= 4 is 11.0 Å². The summed E-state index contributed by atoms with van der Waals surface area (Å²) in [4.78, 5) is 0. The van der Waals surface area contributed by atoms with E-state index in [1.165, 1.54) is 96.3 Å². The van der Waals surface area contributed by atoms with Gasteiger partial charge in [0, 0.05) is 18.1 Å². The van der Waals surface area contributed by atoms with E-state index in [0.717, 1.165) is 6.42 Å². The van der Waals surface area contributed by atoms with Crippen molar-refractivity contribution in [3.63, 3.8) is 0 Å². The Bertz CT molecular complexity index is 368. The molecule has 3 rings (SSSR count). The van der Waals surface area contributed by atoms with Gasteiger partial charge in [-0.1, -0.05) is 64.7 Å². The monoisotopic (exact) mass is 396 g/mol. The molecular weight excluding hydrogens is 348 g/mol. The van der Waals surface area contributed by atoms with Gasteiger partial charge in [0.2, 0.25) is 0 Å². The van der Waals surface area contributed by atoms with Crippen molar-refractivity contribution in [2.75, 3.05) is 0 Å². The quantitative estimate of drug-likeness (QED) is 0.376. The molecule has 27 heavy (non-hydrogen) atoms. The number of nitrogens with two attached hydrogens (primary N) is 1. The Morgan fingerprint density at radius 2 is 1.07 bits per heavy atom. The van der Waals surface area contributed by atoms with Crippen molar-refractivity contribution in [3.05, 3.63) is 0 Å². The Morgan fingerprint density at radius 1 is 0.704 bits per heavy atom. The van der Waals surface area contributed by atoms with Gasteiger partial charge in [-0.05, 0) is 55.9 Å². The predicted molar refractivity (Wildman–Crippen MR) is 122 cm³/mol. The normalized spacial score (nSPS) is 25.1. The zero-order valence-electron chi connectivity index (χ0n) is 17.2. The third-order valence-electron chi connectivity index (χ3n) is 7.10. The second-order valence-electron chi connectivity index (χ2n) is 9.29. The van der Waals surface area contributed by atoms with Crippen LogP contribution in [0.5, 0.6) is 0 Å². The van der Waals surface area contributed by atoms with E-state index in [1.807, 2.05) is 0 Å². The molecule has 0 aromatic carbocycles. The average molecular weight is 397 g/mol. The summed E-state index contributed by atoms with van der Waals surface area (Å²) in [5, 5.41) is 11.8. The highest BCUT2D eigenvalue weighted by Crippen LogP contribution is 2.24. The Morgan fingerprint density at radius 3 is 1.44 bits per heavy atom. The Balaban J connectivity index is 0.00000261. The SMILES string of the molecule is CCC(NC1CCCCC1)C(N)(NC1CCCCC1)NC1CCCCC1.[SiH4]. The van der Waals surface area contributed by atoms with Crippen LogP contribution in [0.15, 0.2) is 0 Å². The van der Waals surface area contributed by atoms with Gasteiger partial charge in [-0.3, -0.25) is 16.4 Å². The highest BCUT2D eigenvalue weighted by molar-refractivity contribution is 5.75. The molecule has 5 N–H and O–H groups in total. The minimum Gasteiger partial charge on any atom is -0.307 e. The minimum absolute atomic E-state index is 0. The van der Waals surface area contributed by atoms with Crippen LogP contribution in [0.4, 0.5) is 0 Å². The molecule has 0 aromatic rings. The first-order valence-electron chi connectivity index (χ1n) is 11.8. The second kappa shape index (κ2) is 11.9. The first-order chi connectivity index (χ1) is 12.7. The van der Waals surface area contributed by atoms with Crippen molar-refractivity contribution in [3.8, 4) is 0 Å². The lowest BCUT2D eigenvalue weighted by atomic mass is 9.90. The van der Waals surface area contributed by atoms with Crippen molar-refractivity contribution in [1.29, 1.82) is 0 Å². The summed E-state index contributed by atoms with van der Waals surface area (Å²) in [5.74, 6) is -0.476. The van der Waals surface area contributed by atoms with E-state index in [-0.39, 0.29) is 11.0 Å². The summed E-state index contributed by atoms with van der Waals surface area (Å²) in [5.41, 5.74) is 7.15. The van der Waals surface area contributed by atoms with Gasteiger partial charge in [-0.2, -0.15) is 0 Å². The van der Waals surface area contributed by atoms with Crippen molar-refractivity contribution in [1.82, 2.24) is 16.0 Å². The molecule has 0 amide bonds. The van der Waals surface area contributed by atoms with E-state index in [1.54, 1.807) is 0 Å². The van der Waals surface area contributed by atoms with E-state index in [0.29, 0.717) is 24.2 Å². The van der Waals surface area contributed by atoms with Crippen LogP contribution in [0.25, 0.3) is 0 Å². The molecule has 3 saturated carbocycles. The molecule has 3 aliphatic rings. The molecule has 0 saturated heterocycles. The van der Waals surface area contributed by atoms with Gasteiger partial charge in [0.1, 0.15) is 5.79 Å². The zero-order chi connectivity index (χ0) is 18.2. The third kappa shape index (κ3) is 7.11. The van der Waals surface area contributed by atoms with Crippen LogP contribution in [0.3, 0.4) is 0 Å². The summed E-state index contributed by atoms with van der Waals surface area (Å²) in [6, 6.07) is 2.10. The van der Waals surface area contributed by atoms with Crippen LogP contribution in [-0.4, -0.2) is 40.9 Å². The van der Waals surface area contributed by atoms with Gasteiger partial charge in [0.15, 0.2) is 0 Å². The Labute approximate surface area is 172 Å². The molecule has 5 heteroatoms. The molecule has 1 atom stereocenters. The fraction of sp³-hybridized carbons (Fsp3) is 1.00. The molecule has 160 valence electrons. The van der Waals surface area contributed by atoms with Gasteiger partial charge in [-0.15, -0.1) is 0 Å².